The second-order valence-electron chi connectivity index (χ2n) is 6.32. The summed E-state index contributed by atoms with van der Waals surface area (Å²) in [5, 5.41) is 0. The summed E-state index contributed by atoms with van der Waals surface area (Å²) in [4.78, 5) is 0. The Morgan fingerprint density at radius 3 is 1.38 bits per heavy atom. The summed E-state index contributed by atoms with van der Waals surface area (Å²) < 4.78 is 11.0. The van der Waals surface area contributed by atoms with E-state index in [-0.39, 0.29) is 0 Å². The minimum absolute atomic E-state index is 0.486. The normalized spacial score (nSPS) is 15.9. The second-order valence-corrected chi connectivity index (χ2v) is 7.95. The van der Waals surface area contributed by atoms with Gasteiger partial charge in [-0.05, 0) is 6.42 Å². The highest BCUT2D eigenvalue weighted by atomic mass is 31.2. The third-order valence-corrected chi connectivity index (χ3v) is 5.87. The van der Waals surface area contributed by atoms with Crippen LogP contribution in [0.4, 0.5) is 0 Å². The standard InChI is InChI=1S/C18H37O2P/c1-2-3-4-5-6-7-8-9-10-11-12-13-14-15-18-21-19-16-17-20-21/h2-18H2,1H3. The molecule has 1 saturated heterocycles. The molecule has 1 fully saturated rings. The number of hydrogen-bond acceptors (Lipinski definition) is 2. The fourth-order valence-corrected chi connectivity index (χ4v) is 4.25. The van der Waals surface area contributed by atoms with Crippen LogP contribution in [0.15, 0.2) is 0 Å². The average molecular weight is 316 g/mol. The van der Waals surface area contributed by atoms with Crippen molar-refractivity contribution >= 4 is 8.38 Å². The maximum Gasteiger partial charge on any atom is 0.170 e. The van der Waals surface area contributed by atoms with Crippen molar-refractivity contribution in [2.75, 3.05) is 19.4 Å². The monoisotopic (exact) mass is 316 g/mol. The molecule has 1 aliphatic rings. The quantitative estimate of drug-likeness (QED) is 0.243. The zero-order valence-electron chi connectivity index (χ0n) is 14.3. The van der Waals surface area contributed by atoms with Gasteiger partial charge < -0.3 is 9.05 Å². The van der Waals surface area contributed by atoms with Crippen LogP contribution in [0.2, 0.25) is 0 Å². The maximum atomic E-state index is 5.51. The first-order valence-corrected chi connectivity index (χ1v) is 10.8. The van der Waals surface area contributed by atoms with Crippen LogP contribution in [0.1, 0.15) is 96.8 Å². The van der Waals surface area contributed by atoms with Crippen molar-refractivity contribution in [3.8, 4) is 0 Å². The van der Waals surface area contributed by atoms with Gasteiger partial charge in [-0.2, -0.15) is 0 Å². The third kappa shape index (κ3) is 12.6. The Morgan fingerprint density at radius 1 is 0.571 bits per heavy atom. The van der Waals surface area contributed by atoms with Crippen molar-refractivity contribution in [1.29, 1.82) is 0 Å². The fourth-order valence-electron chi connectivity index (χ4n) is 2.88. The zero-order chi connectivity index (χ0) is 15.0. The summed E-state index contributed by atoms with van der Waals surface area (Å²) in [6.07, 6.45) is 21.1. The first kappa shape index (κ1) is 19.4. The Labute approximate surface area is 134 Å². The number of hydrogen-bond donors (Lipinski definition) is 0. The fraction of sp³-hybridized carbons (Fsp3) is 1.00. The largest absolute Gasteiger partial charge is 0.332 e. The van der Waals surface area contributed by atoms with E-state index in [9.17, 15) is 0 Å². The summed E-state index contributed by atoms with van der Waals surface area (Å²) in [6.45, 7) is 3.94. The topological polar surface area (TPSA) is 18.5 Å². The Kier molecular flexibility index (Phi) is 14.1. The molecule has 0 bridgehead atoms. The van der Waals surface area contributed by atoms with Gasteiger partial charge in [-0.3, -0.25) is 0 Å². The molecule has 0 spiro atoms. The molecular formula is C18H37O2P. The van der Waals surface area contributed by atoms with E-state index < -0.39 is 8.38 Å². The molecular weight excluding hydrogens is 279 g/mol. The lowest BCUT2D eigenvalue weighted by Crippen LogP contribution is -1.86. The molecule has 0 unspecified atom stereocenters. The van der Waals surface area contributed by atoms with Crippen LogP contribution >= 0.6 is 8.38 Å². The molecule has 0 radical (unpaired) electrons. The van der Waals surface area contributed by atoms with Gasteiger partial charge in [0.2, 0.25) is 0 Å². The van der Waals surface area contributed by atoms with Gasteiger partial charge in [-0.15, -0.1) is 0 Å². The smallest absolute Gasteiger partial charge is 0.170 e. The zero-order valence-corrected chi connectivity index (χ0v) is 15.2. The minimum atomic E-state index is -0.486. The molecule has 3 heteroatoms. The Morgan fingerprint density at radius 2 is 0.952 bits per heavy atom. The lowest BCUT2D eigenvalue weighted by molar-refractivity contribution is 0.365. The van der Waals surface area contributed by atoms with Crippen molar-refractivity contribution in [1.82, 2.24) is 0 Å². The lowest BCUT2D eigenvalue weighted by atomic mass is 10.0. The van der Waals surface area contributed by atoms with Gasteiger partial charge in [0.05, 0.1) is 13.2 Å². The molecule has 1 aliphatic heterocycles. The van der Waals surface area contributed by atoms with Crippen LogP contribution in [-0.2, 0) is 9.05 Å². The van der Waals surface area contributed by atoms with Gasteiger partial charge in [0.15, 0.2) is 8.38 Å². The molecule has 0 aliphatic carbocycles. The van der Waals surface area contributed by atoms with Crippen LogP contribution in [0.3, 0.4) is 0 Å². The molecule has 2 nitrogen and oxygen atoms in total. The number of rotatable bonds is 15. The van der Waals surface area contributed by atoms with E-state index in [4.69, 9.17) is 9.05 Å². The van der Waals surface area contributed by atoms with Gasteiger partial charge in [0.25, 0.3) is 0 Å². The van der Waals surface area contributed by atoms with Crippen molar-refractivity contribution < 1.29 is 9.05 Å². The number of unbranched alkanes of at least 4 members (excludes halogenated alkanes) is 13. The van der Waals surface area contributed by atoms with E-state index in [1.807, 2.05) is 0 Å². The van der Waals surface area contributed by atoms with E-state index in [1.54, 1.807) is 0 Å². The predicted molar refractivity (Wildman–Crippen MR) is 94.0 cm³/mol. The summed E-state index contributed by atoms with van der Waals surface area (Å²) in [7, 11) is -0.486. The van der Waals surface area contributed by atoms with E-state index in [1.165, 1.54) is 89.9 Å². The van der Waals surface area contributed by atoms with Crippen LogP contribution < -0.4 is 0 Å². The van der Waals surface area contributed by atoms with Gasteiger partial charge >= 0.3 is 0 Å². The molecule has 21 heavy (non-hydrogen) atoms. The Bertz CT molecular complexity index is 205. The van der Waals surface area contributed by atoms with Crippen molar-refractivity contribution in [2.24, 2.45) is 0 Å². The molecule has 1 heterocycles. The first-order chi connectivity index (χ1) is 10.4. The highest BCUT2D eigenvalue weighted by molar-refractivity contribution is 7.47. The van der Waals surface area contributed by atoms with Crippen LogP contribution in [0, 0.1) is 0 Å². The molecule has 0 saturated carbocycles. The summed E-state index contributed by atoms with van der Waals surface area (Å²) in [5.74, 6) is 0. The van der Waals surface area contributed by atoms with Crippen molar-refractivity contribution in [3.05, 3.63) is 0 Å². The molecule has 0 N–H and O–H groups in total. The highest BCUT2D eigenvalue weighted by Gasteiger charge is 2.15. The molecule has 0 aromatic rings. The first-order valence-electron chi connectivity index (χ1n) is 9.47. The van der Waals surface area contributed by atoms with Gasteiger partial charge in [-0.1, -0.05) is 90.4 Å². The summed E-state index contributed by atoms with van der Waals surface area (Å²) in [6, 6.07) is 0. The molecule has 0 aromatic carbocycles. The highest BCUT2D eigenvalue weighted by Crippen LogP contribution is 2.43. The van der Waals surface area contributed by atoms with Crippen molar-refractivity contribution in [3.63, 3.8) is 0 Å². The van der Waals surface area contributed by atoms with Gasteiger partial charge in [0.1, 0.15) is 0 Å². The molecule has 0 amide bonds. The van der Waals surface area contributed by atoms with Crippen LogP contribution in [-0.4, -0.2) is 19.4 Å². The van der Waals surface area contributed by atoms with Crippen molar-refractivity contribution in [2.45, 2.75) is 96.8 Å². The van der Waals surface area contributed by atoms with E-state index >= 15 is 0 Å². The summed E-state index contributed by atoms with van der Waals surface area (Å²) >= 11 is 0. The average Bonchev–Trinajstić information content (AvgIpc) is 3.01. The maximum absolute atomic E-state index is 5.51. The van der Waals surface area contributed by atoms with Gasteiger partial charge in [-0.25, -0.2) is 0 Å². The molecule has 0 aromatic heterocycles. The molecule has 126 valence electrons. The predicted octanol–water partition coefficient (Wildman–Crippen LogP) is 6.83. The van der Waals surface area contributed by atoms with E-state index in [2.05, 4.69) is 6.92 Å². The minimum Gasteiger partial charge on any atom is -0.332 e. The van der Waals surface area contributed by atoms with Crippen LogP contribution in [0.25, 0.3) is 0 Å². The van der Waals surface area contributed by atoms with Crippen LogP contribution in [0.5, 0.6) is 0 Å². The van der Waals surface area contributed by atoms with E-state index in [0.29, 0.717) is 0 Å². The summed E-state index contributed by atoms with van der Waals surface area (Å²) in [5.41, 5.74) is 0. The van der Waals surface area contributed by atoms with Gasteiger partial charge in [0, 0.05) is 6.16 Å². The Balaban J connectivity index is 1.65. The SMILES string of the molecule is CCCCCCCCCCCCCCCCP1OCCO1. The lowest BCUT2D eigenvalue weighted by Gasteiger charge is -2.07. The molecule has 0 atom stereocenters. The molecule has 1 rings (SSSR count). The van der Waals surface area contributed by atoms with E-state index in [0.717, 1.165) is 19.4 Å². The second kappa shape index (κ2) is 15.3. The third-order valence-electron chi connectivity index (χ3n) is 4.25. The Hall–Kier alpha value is 0.350.